The zero-order valence-corrected chi connectivity index (χ0v) is 11.2. The van der Waals surface area contributed by atoms with E-state index in [1.165, 1.54) is 0 Å². The molecule has 1 saturated heterocycles. The Morgan fingerprint density at radius 2 is 2.19 bits per heavy atom. The Balaban J connectivity index is 1.69. The number of rotatable bonds is 4. The van der Waals surface area contributed by atoms with E-state index in [0.717, 1.165) is 0 Å². The average Bonchev–Trinajstić information content (AvgIpc) is 2.96. The van der Waals surface area contributed by atoms with Crippen molar-refractivity contribution in [3.05, 3.63) is 11.6 Å². The largest absolute Gasteiger partial charge is 0.458 e. The summed E-state index contributed by atoms with van der Waals surface area (Å²) in [6.45, 7) is -1.78. The summed E-state index contributed by atoms with van der Waals surface area (Å²) >= 11 is 0. The Kier molecular flexibility index (Phi) is 2.90. The molecule has 0 radical (unpaired) electrons. The number of hydrogen-bond acceptors (Lipinski definition) is 6. The van der Waals surface area contributed by atoms with Gasteiger partial charge in [0, 0.05) is 11.5 Å². The quantitative estimate of drug-likeness (QED) is 0.578. The van der Waals surface area contributed by atoms with Crippen molar-refractivity contribution in [1.29, 1.82) is 0 Å². The lowest BCUT2D eigenvalue weighted by molar-refractivity contribution is -0.161. The minimum absolute atomic E-state index is 0.234. The number of hydrogen-bond donors (Lipinski definition) is 1. The number of carbonyl (C=O) groups is 2. The fraction of sp³-hybridized carbons (Fsp3) is 0.636. The standard InChI is InChI=1S/C11H10F2O7S/c12-11(13,21(16,17)18)3-19-10(15)7-4-1-5-6(2-4)9(14)20-8(5)7/h2,4-5,7-8H,1,3H2,(H,16,17,18). The highest BCUT2D eigenvalue weighted by Gasteiger charge is 2.60. The van der Waals surface area contributed by atoms with Crippen molar-refractivity contribution >= 4 is 22.1 Å². The van der Waals surface area contributed by atoms with Crippen molar-refractivity contribution in [2.24, 2.45) is 17.8 Å². The van der Waals surface area contributed by atoms with E-state index in [1.54, 1.807) is 6.08 Å². The second kappa shape index (κ2) is 4.23. The van der Waals surface area contributed by atoms with Gasteiger partial charge >= 0.3 is 27.3 Å². The Bertz CT molecular complexity index is 653. The molecule has 116 valence electrons. The second-order valence-electron chi connectivity index (χ2n) is 5.24. The molecule has 2 bridgehead atoms. The Morgan fingerprint density at radius 3 is 2.81 bits per heavy atom. The van der Waals surface area contributed by atoms with E-state index < -0.39 is 45.9 Å². The van der Waals surface area contributed by atoms with E-state index in [1.807, 2.05) is 0 Å². The molecule has 2 aliphatic carbocycles. The highest BCUT2D eigenvalue weighted by molar-refractivity contribution is 7.86. The van der Waals surface area contributed by atoms with Gasteiger partial charge in [-0.05, 0) is 12.3 Å². The molecule has 1 aliphatic heterocycles. The first-order chi connectivity index (χ1) is 9.62. The number of carbonyl (C=O) groups excluding carboxylic acids is 2. The van der Waals surface area contributed by atoms with Crippen LogP contribution in [0.1, 0.15) is 6.42 Å². The molecule has 21 heavy (non-hydrogen) atoms. The monoisotopic (exact) mass is 324 g/mol. The van der Waals surface area contributed by atoms with Crippen LogP contribution >= 0.6 is 0 Å². The van der Waals surface area contributed by atoms with Crippen LogP contribution in [0.5, 0.6) is 0 Å². The van der Waals surface area contributed by atoms with Gasteiger partial charge in [0.25, 0.3) is 0 Å². The molecular formula is C11H10F2O7S. The predicted molar refractivity (Wildman–Crippen MR) is 60.5 cm³/mol. The van der Waals surface area contributed by atoms with Gasteiger partial charge in [0.05, 0.1) is 0 Å². The fourth-order valence-electron chi connectivity index (χ4n) is 3.10. The smallest absolute Gasteiger partial charge is 0.402 e. The number of alkyl halides is 2. The summed E-state index contributed by atoms with van der Waals surface area (Å²) in [6.07, 6.45) is 1.33. The van der Waals surface area contributed by atoms with Crippen molar-refractivity contribution in [3.8, 4) is 0 Å². The summed E-state index contributed by atoms with van der Waals surface area (Å²) in [6, 6.07) is 0. The summed E-state index contributed by atoms with van der Waals surface area (Å²) in [7, 11) is -5.66. The molecule has 7 nitrogen and oxygen atoms in total. The first kappa shape index (κ1) is 14.4. The Morgan fingerprint density at radius 1 is 1.52 bits per heavy atom. The fourth-order valence-corrected chi connectivity index (χ4v) is 3.31. The number of ether oxygens (including phenoxy) is 2. The van der Waals surface area contributed by atoms with Crippen LogP contribution < -0.4 is 0 Å². The van der Waals surface area contributed by atoms with Crippen molar-refractivity contribution in [3.63, 3.8) is 0 Å². The second-order valence-corrected chi connectivity index (χ2v) is 6.79. The lowest BCUT2D eigenvalue weighted by atomic mass is 9.89. The number of allylic oxidation sites excluding steroid dienone is 1. The van der Waals surface area contributed by atoms with E-state index in [4.69, 9.17) is 9.29 Å². The molecule has 2 fully saturated rings. The van der Waals surface area contributed by atoms with Gasteiger partial charge in [-0.3, -0.25) is 9.35 Å². The number of halogens is 2. The maximum Gasteiger partial charge on any atom is 0.402 e. The minimum Gasteiger partial charge on any atom is -0.458 e. The summed E-state index contributed by atoms with van der Waals surface area (Å²) < 4.78 is 64.5. The Hall–Kier alpha value is -1.55. The van der Waals surface area contributed by atoms with Crippen molar-refractivity contribution < 1.29 is 40.8 Å². The van der Waals surface area contributed by atoms with Crippen molar-refractivity contribution in [2.45, 2.75) is 17.8 Å². The van der Waals surface area contributed by atoms with E-state index in [-0.39, 0.29) is 11.8 Å². The third-order valence-electron chi connectivity index (χ3n) is 4.04. The van der Waals surface area contributed by atoms with E-state index in [0.29, 0.717) is 12.0 Å². The summed E-state index contributed by atoms with van der Waals surface area (Å²) in [5.74, 6) is -3.08. The lowest BCUT2D eigenvalue weighted by Gasteiger charge is -2.22. The molecule has 0 amide bonds. The van der Waals surface area contributed by atoms with Crippen LogP contribution in [-0.2, 0) is 29.2 Å². The highest BCUT2D eigenvalue weighted by Crippen LogP contribution is 2.53. The van der Waals surface area contributed by atoms with Gasteiger partial charge in [0.2, 0.25) is 0 Å². The van der Waals surface area contributed by atoms with E-state index in [9.17, 15) is 26.8 Å². The van der Waals surface area contributed by atoms with Crippen LogP contribution in [0, 0.1) is 17.8 Å². The van der Waals surface area contributed by atoms with E-state index in [2.05, 4.69) is 4.74 Å². The maximum atomic E-state index is 13.0. The van der Waals surface area contributed by atoms with Crippen LogP contribution in [0.2, 0.25) is 0 Å². The predicted octanol–water partition coefficient (Wildman–Crippen LogP) is 0.128. The Labute approximate surface area is 117 Å². The molecule has 1 saturated carbocycles. The van der Waals surface area contributed by atoms with E-state index >= 15 is 0 Å². The van der Waals surface area contributed by atoms with Gasteiger partial charge in [-0.2, -0.15) is 17.2 Å². The molecule has 3 rings (SSSR count). The van der Waals surface area contributed by atoms with Gasteiger partial charge < -0.3 is 9.47 Å². The van der Waals surface area contributed by atoms with Gasteiger partial charge in [0.15, 0.2) is 6.61 Å². The van der Waals surface area contributed by atoms with Gasteiger partial charge in [-0.1, -0.05) is 6.08 Å². The summed E-state index contributed by atoms with van der Waals surface area (Å²) in [4.78, 5) is 23.3. The molecule has 0 aromatic carbocycles. The topological polar surface area (TPSA) is 107 Å². The van der Waals surface area contributed by atoms with Crippen LogP contribution in [0.15, 0.2) is 11.6 Å². The third kappa shape index (κ3) is 2.04. The molecule has 4 unspecified atom stereocenters. The molecule has 4 atom stereocenters. The summed E-state index contributed by atoms with van der Waals surface area (Å²) in [5.41, 5.74) is 0.498. The zero-order valence-electron chi connectivity index (χ0n) is 10.4. The van der Waals surface area contributed by atoms with Crippen LogP contribution in [0.4, 0.5) is 8.78 Å². The van der Waals surface area contributed by atoms with Gasteiger partial charge in [-0.15, -0.1) is 0 Å². The molecule has 3 aliphatic rings. The first-order valence-corrected chi connectivity index (χ1v) is 7.50. The highest BCUT2D eigenvalue weighted by atomic mass is 32.2. The van der Waals surface area contributed by atoms with Crippen LogP contribution in [0.25, 0.3) is 0 Å². The average molecular weight is 324 g/mol. The lowest BCUT2D eigenvalue weighted by Crippen LogP contribution is -2.38. The molecule has 0 aromatic rings. The molecule has 0 spiro atoms. The molecule has 1 N–H and O–H groups in total. The normalized spacial score (nSPS) is 33.9. The molecular weight excluding hydrogens is 314 g/mol. The first-order valence-electron chi connectivity index (χ1n) is 6.06. The minimum atomic E-state index is -5.66. The number of fused-ring (bicyclic) bond motifs is 1. The molecule has 10 heteroatoms. The number of esters is 2. The maximum absolute atomic E-state index is 13.0. The van der Waals surface area contributed by atoms with Crippen LogP contribution in [0.3, 0.4) is 0 Å². The SMILES string of the molecule is O=C1OC2C3CC(C=C13)C2C(=O)OCC(F)(F)S(=O)(=O)O. The third-order valence-corrected chi connectivity index (χ3v) is 4.91. The van der Waals surface area contributed by atoms with Gasteiger partial charge in [-0.25, -0.2) is 4.79 Å². The van der Waals surface area contributed by atoms with Gasteiger partial charge in [0.1, 0.15) is 12.0 Å². The van der Waals surface area contributed by atoms with Crippen LogP contribution in [-0.4, -0.2) is 42.9 Å². The summed E-state index contributed by atoms with van der Waals surface area (Å²) in [5, 5.41) is -4.58. The van der Waals surface area contributed by atoms with Crippen molar-refractivity contribution in [2.75, 3.05) is 6.61 Å². The zero-order chi connectivity index (χ0) is 15.6. The molecule has 0 aromatic heterocycles. The molecule has 1 heterocycles. The van der Waals surface area contributed by atoms with Crippen molar-refractivity contribution in [1.82, 2.24) is 0 Å².